The van der Waals surface area contributed by atoms with E-state index in [1.165, 1.54) is 0 Å². The summed E-state index contributed by atoms with van der Waals surface area (Å²) in [4.78, 5) is 14.5. The van der Waals surface area contributed by atoms with E-state index in [9.17, 15) is 9.90 Å². The van der Waals surface area contributed by atoms with Gasteiger partial charge in [-0.05, 0) is 24.5 Å². The summed E-state index contributed by atoms with van der Waals surface area (Å²) in [5.41, 5.74) is 1.07. The maximum Gasteiger partial charge on any atom is 0.314 e. The molecule has 1 aromatic heterocycles. The smallest absolute Gasteiger partial charge is 0.314 e. The van der Waals surface area contributed by atoms with Gasteiger partial charge in [0.25, 0.3) is 0 Å². The molecule has 0 aliphatic heterocycles. The minimum Gasteiger partial charge on any atom is -0.495 e. The van der Waals surface area contributed by atoms with Crippen LogP contribution in [0.1, 0.15) is 18.4 Å². The number of aliphatic carboxylic acids is 1. The van der Waals surface area contributed by atoms with E-state index in [2.05, 4.69) is 4.98 Å². The molecule has 1 saturated carbocycles. The van der Waals surface area contributed by atoms with Crippen LogP contribution in [0.4, 0.5) is 0 Å². The Bertz CT molecular complexity index is 596. The number of hydrogen-bond donors (Lipinski definition) is 2. The van der Waals surface area contributed by atoms with Crippen LogP contribution in [0, 0.1) is 0 Å². The molecule has 1 heterocycles. The van der Waals surface area contributed by atoms with Crippen molar-refractivity contribution in [1.29, 1.82) is 0 Å². The SMILES string of the molecule is COc1cccc2c(C3(C(=O)O)CC3)c[nH]c12. The predicted octanol–water partition coefficient (Wildman–Crippen LogP) is 2.29. The molecule has 17 heavy (non-hydrogen) atoms. The van der Waals surface area contributed by atoms with Gasteiger partial charge < -0.3 is 14.8 Å². The topological polar surface area (TPSA) is 62.3 Å². The van der Waals surface area contributed by atoms with Crippen LogP contribution < -0.4 is 4.74 Å². The number of rotatable bonds is 3. The Hall–Kier alpha value is -1.97. The van der Waals surface area contributed by atoms with Crippen molar-refractivity contribution in [3.8, 4) is 5.75 Å². The van der Waals surface area contributed by atoms with Crippen LogP contribution in [0.2, 0.25) is 0 Å². The predicted molar refractivity (Wildman–Crippen MR) is 63.4 cm³/mol. The fraction of sp³-hybridized carbons (Fsp3) is 0.308. The summed E-state index contributed by atoms with van der Waals surface area (Å²) in [6.07, 6.45) is 3.23. The molecule has 0 saturated heterocycles. The van der Waals surface area contributed by atoms with E-state index in [1.807, 2.05) is 18.2 Å². The molecule has 4 heteroatoms. The number of methoxy groups -OCH3 is 1. The van der Waals surface area contributed by atoms with E-state index < -0.39 is 11.4 Å². The lowest BCUT2D eigenvalue weighted by Crippen LogP contribution is -2.18. The highest BCUT2D eigenvalue weighted by atomic mass is 16.5. The molecule has 4 nitrogen and oxygen atoms in total. The lowest BCUT2D eigenvalue weighted by molar-refractivity contribution is -0.140. The lowest BCUT2D eigenvalue weighted by Gasteiger charge is -2.08. The molecule has 0 atom stereocenters. The molecule has 88 valence electrons. The minimum atomic E-state index is -0.735. The van der Waals surface area contributed by atoms with Crippen molar-refractivity contribution < 1.29 is 14.6 Å². The second kappa shape index (κ2) is 3.26. The van der Waals surface area contributed by atoms with Gasteiger partial charge >= 0.3 is 5.97 Å². The molecule has 1 aliphatic carbocycles. The molecule has 2 aromatic rings. The van der Waals surface area contributed by atoms with Crippen LogP contribution in [0.3, 0.4) is 0 Å². The quantitative estimate of drug-likeness (QED) is 0.851. The van der Waals surface area contributed by atoms with E-state index in [0.29, 0.717) is 12.8 Å². The number of aromatic amines is 1. The minimum absolute atomic E-state index is 0.676. The first kappa shape index (κ1) is 10.2. The molecule has 2 N–H and O–H groups in total. The third kappa shape index (κ3) is 1.27. The average Bonchev–Trinajstić information content (AvgIpc) is 3.03. The Balaban J connectivity index is 2.23. The van der Waals surface area contributed by atoms with Crippen molar-refractivity contribution in [2.45, 2.75) is 18.3 Å². The summed E-state index contributed by atoms with van der Waals surface area (Å²) >= 11 is 0. The largest absolute Gasteiger partial charge is 0.495 e. The number of nitrogens with one attached hydrogen (secondary N) is 1. The number of aromatic nitrogens is 1. The van der Waals surface area contributed by atoms with Crippen molar-refractivity contribution in [2.24, 2.45) is 0 Å². The third-order valence-electron chi connectivity index (χ3n) is 3.57. The van der Waals surface area contributed by atoms with Gasteiger partial charge in [0.2, 0.25) is 0 Å². The molecule has 0 unspecified atom stereocenters. The Kier molecular flexibility index (Phi) is 1.96. The zero-order chi connectivity index (χ0) is 12.0. The standard InChI is InChI=1S/C13H13NO3/c1-17-10-4-2-3-8-9(7-14-11(8)10)13(5-6-13)12(15)16/h2-4,7,14H,5-6H2,1H3,(H,15,16). The number of carboxylic acids is 1. The van der Waals surface area contributed by atoms with Crippen LogP contribution in [-0.2, 0) is 10.2 Å². The molecule has 3 rings (SSSR count). The first-order valence-corrected chi connectivity index (χ1v) is 5.57. The number of ether oxygens (including phenoxy) is 1. The molecule has 1 aromatic carbocycles. The molecule has 0 bridgehead atoms. The van der Waals surface area contributed by atoms with Gasteiger partial charge in [-0.3, -0.25) is 4.79 Å². The van der Waals surface area contributed by atoms with Gasteiger partial charge in [-0.15, -0.1) is 0 Å². The zero-order valence-electron chi connectivity index (χ0n) is 9.49. The number of hydrogen-bond acceptors (Lipinski definition) is 2. The van der Waals surface area contributed by atoms with Crippen molar-refractivity contribution >= 4 is 16.9 Å². The zero-order valence-corrected chi connectivity index (χ0v) is 9.49. The second-order valence-corrected chi connectivity index (χ2v) is 4.47. The van der Waals surface area contributed by atoms with E-state index in [0.717, 1.165) is 22.2 Å². The number of benzene rings is 1. The molecule has 0 spiro atoms. The second-order valence-electron chi connectivity index (χ2n) is 4.47. The van der Waals surface area contributed by atoms with Crippen LogP contribution in [0.15, 0.2) is 24.4 Å². The van der Waals surface area contributed by atoms with Gasteiger partial charge in [-0.25, -0.2) is 0 Å². The van der Waals surface area contributed by atoms with Crippen molar-refractivity contribution in [2.75, 3.05) is 7.11 Å². The highest BCUT2D eigenvalue weighted by molar-refractivity contribution is 5.96. The molecule has 0 amide bonds. The third-order valence-corrected chi connectivity index (χ3v) is 3.57. The number of para-hydroxylation sites is 1. The normalized spacial score (nSPS) is 17.0. The van der Waals surface area contributed by atoms with E-state index >= 15 is 0 Å². The molecule has 1 fully saturated rings. The summed E-state index contributed by atoms with van der Waals surface area (Å²) in [7, 11) is 1.61. The van der Waals surface area contributed by atoms with Gasteiger partial charge in [0.05, 0.1) is 18.0 Å². The number of carboxylic acid groups (broad SMARTS) is 1. The lowest BCUT2D eigenvalue weighted by atomic mass is 9.96. The molecular formula is C13H13NO3. The maximum absolute atomic E-state index is 11.3. The van der Waals surface area contributed by atoms with Crippen molar-refractivity contribution in [1.82, 2.24) is 4.98 Å². The summed E-state index contributed by atoms with van der Waals surface area (Å²) < 4.78 is 5.26. The summed E-state index contributed by atoms with van der Waals surface area (Å²) in [5.74, 6) is 0.0103. The molecule has 1 aliphatic rings. The highest BCUT2D eigenvalue weighted by Crippen LogP contribution is 2.51. The average molecular weight is 231 g/mol. The first-order chi connectivity index (χ1) is 8.19. The van der Waals surface area contributed by atoms with Crippen molar-refractivity contribution in [3.63, 3.8) is 0 Å². The highest BCUT2D eigenvalue weighted by Gasteiger charge is 2.53. The Morgan fingerprint density at radius 2 is 2.24 bits per heavy atom. The number of H-pyrrole nitrogens is 1. The Labute approximate surface area is 98.2 Å². The van der Waals surface area contributed by atoms with Crippen LogP contribution in [0.5, 0.6) is 5.75 Å². The maximum atomic E-state index is 11.3. The number of carbonyl (C=O) groups is 1. The summed E-state index contributed by atoms with van der Waals surface area (Å²) in [6.45, 7) is 0. The van der Waals surface area contributed by atoms with Gasteiger partial charge in [-0.2, -0.15) is 0 Å². The van der Waals surface area contributed by atoms with Gasteiger partial charge in [-0.1, -0.05) is 12.1 Å². The van der Waals surface area contributed by atoms with Gasteiger partial charge in [0.15, 0.2) is 0 Å². The first-order valence-electron chi connectivity index (χ1n) is 5.57. The summed E-state index contributed by atoms with van der Waals surface area (Å²) in [5, 5.41) is 10.3. The Morgan fingerprint density at radius 1 is 1.47 bits per heavy atom. The van der Waals surface area contributed by atoms with E-state index in [-0.39, 0.29) is 0 Å². The number of fused-ring (bicyclic) bond motifs is 1. The fourth-order valence-electron chi connectivity index (χ4n) is 2.42. The van der Waals surface area contributed by atoms with Crippen LogP contribution in [0.25, 0.3) is 10.9 Å². The van der Waals surface area contributed by atoms with Gasteiger partial charge in [0.1, 0.15) is 5.75 Å². The van der Waals surface area contributed by atoms with Crippen molar-refractivity contribution in [3.05, 3.63) is 30.0 Å². The molecule has 0 radical (unpaired) electrons. The fourth-order valence-corrected chi connectivity index (χ4v) is 2.42. The molecular weight excluding hydrogens is 218 g/mol. The van der Waals surface area contributed by atoms with Crippen LogP contribution in [-0.4, -0.2) is 23.2 Å². The van der Waals surface area contributed by atoms with Crippen LogP contribution >= 0.6 is 0 Å². The van der Waals surface area contributed by atoms with E-state index in [4.69, 9.17) is 4.74 Å². The van der Waals surface area contributed by atoms with E-state index in [1.54, 1.807) is 13.3 Å². The monoisotopic (exact) mass is 231 g/mol. The Morgan fingerprint density at radius 3 is 2.82 bits per heavy atom. The summed E-state index contributed by atoms with van der Waals surface area (Å²) in [6, 6.07) is 5.69. The van der Waals surface area contributed by atoms with Gasteiger partial charge in [0, 0.05) is 11.6 Å².